The average Bonchev–Trinajstić information content (AvgIpc) is 2.16. The fraction of sp³-hybridized carbons (Fsp3) is 0.900. The maximum Gasteiger partial charge on any atom is 0.230 e. The number of carbonyl (C=O) groups excluding carboxylic acids is 1. The second-order valence-electron chi connectivity index (χ2n) is 3.40. The normalized spacial score (nSPS) is 12.5. The maximum absolute atomic E-state index is 11.3. The van der Waals surface area contributed by atoms with Gasteiger partial charge in [-0.05, 0) is 19.4 Å². The largest absolute Gasteiger partial charge is 0.355 e. The fourth-order valence-electron chi connectivity index (χ4n) is 0.992. The second kappa shape index (κ2) is 9.34. The van der Waals surface area contributed by atoms with Crippen molar-refractivity contribution in [2.75, 3.05) is 18.8 Å². The van der Waals surface area contributed by atoms with Gasteiger partial charge in [0.1, 0.15) is 0 Å². The zero-order valence-corrected chi connectivity index (χ0v) is 10.0. The molecule has 3 N–H and O–H groups in total. The summed E-state index contributed by atoms with van der Waals surface area (Å²) >= 11 is 1.68. The van der Waals surface area contributed by atoms with E-state index in [2.05, 4.69) is 19.2 Å². The monoisotopic (exact) mass is 218 g/mol. The first kappa shape index (κ1) is 13.8. The fourth-order valence-corrected chi connectivity index (χ4v) is 1.83. The summed E-state index contributed by atoms with van der Waals surface area (Å²) in [6.07, 6.45) is 3.17. The summed E-state index contributed by atoms with van der Waals surface area (Å²) in [7, 11) is 0. The molecule has 0 aliphatic heterocycles. The first-order chi connectivity index (χ1) is 6.70. The van der Waals surface area contributed by atoms with E-state index in [1.165, 1.54) is 0 Å². The smallest absolute Gasteiger partial charge is 0.230 e. The van der Waals surface area contributed by atoms with Gasteiger partial charge >= 0.3 is 0 Å². The van der Waals surface area contributed by atoms with Gasteiger partial charge in [0, 0.05) is 11.8 Å². The molecule has 0 fully saturated rings. The molecule has 84 valence electrons. The van der Waals surface area contributed by atoms with E-state index < -0.39 is 0 Å². The van der Waals surface area contributed by atoms with E-state index in [4.69, 9.17) is 5.73 Å². The van der Waals surface area contributed by atoms with Crippen molar-refractivity contribution in [1.82, 2.24) is 5.32 Å². The number of hydrogen-bond donors (Lipinski definition) is 2. The first-order valence-electron chi connectivity index (χ1n) is 5.29. The van der Waals surface area contributed by atoms with Crippen molar-refractivity contribution >= 4 is 17.7 Å². The number of amides is 1. The summed E-state index contributed by atoms with van der Waals surface area (Å²) in [6, 6.07) is 0. The third-order valence-corrected chi connectivity index (χ3v) is 3.16. The van der Waals surface area contributed by atoms with Gasteiger partial charge in [-0.1, -0.05) is 20.3 Å². The van der Waals surface area contributed by atoms with Crippen molar-refractivity contribution in [2.24, 2.45) is 5.73 Å². The van der Waals surface area contributed by atoms with E-state index in [-0.39, 0.29) is 5.91 Å². The van der Waals surface area contributed by atoms with Crippen LogP contribution in [0.3, 0.4) is 0 Å². The third kappa shape index (κ3) is 8.38. The molecular weight excluding hydrogens is 196 g/mol. The van der Waals surface area contributed by atoms with Gasteiger partial charge in [-0.25, -0.2) is 0 Å². The molecule has 1 atom stereocenters. The van der Waals surface area contributed by atoms with Crippen molar-refractivity contribution < 1.29 is 4.79 Å². The molecule has 0 aromatic rings. The molecule has 0 saturated carbocycles. The summed E-state index contributed by atoms with van der Waals surface area (Å²) in [5, 5.41) is 3.37. The molecule has 0 rings (SSSR count). The molecule has 4 heteroatoms. The van der Waals surface area contributed by atoms with Crippen LogP contribution in [0.25, 0.3) is 0 Å². The summed E-state index contributed by atoms with van der Waals surface area (Å²) < 4.78 is 0. The molecule has 1 amide bonds. The van der Waals surface area contributed by atoms with E-state index >= 15 is 0 Å². The van der Waals surface area contributed by atoms with Crippen LogP contribution < -0.4 is 11.1 Å². The molecule has 0 aliphatic rings. The zero-order chi connectivity index (χ0) is 10.8. The molecule has 0 aromatic heterocycles. The second-order valence-corrected chi connectivity index (χ2v) is 4.83. The molecular formula is C10H22N2OS. The van der Waals surface area contributed by atoms with Gasteiger partial charge in [0.15, 0.2) is 0 Å². The van der Waals surface area contributed by atoms with Crippen molar-refractivity contribution in [3.63, 3.8) is 0 Å². The van der Waals surface area contributed by atoms with Crippen molar-refractivity contribution in [1.29, 1.82) is 0 Å². The Morgan fingerprint density at radius 1 is 1.57 bits per heavy atom. The predicted molar refractivity (Wildman–Crippen MR) is 63.5 cm³/mol. The van der Waals surface area contributed by atoms with E-state index in [1.807, 2.05) is 0 Å². The van der Waals surface area contributed by atoms with Crippen molar-refractivity contribution in [3.8, 4) is 0 Å². The molecule has 0 aromatic carbocycles. The lowest BCUT2D eigenvalue weighted by Crippen LogP contribution is -2.26. The lowest BCUT2D eigenvalue weighted by molar-refractivity contribution is -0.118. The zero-order valence-electron chi connectivity index (χ0n) is 9.21. The van der Waals surface area contributed by atoms with Crippen LogP contribution in [0.1, 0.15) is 33.1 Å². The third-order valence-electron chi connectivity index (χ3n) is 1.92. The molecule has 0 spiro atoms. The quantitative estimate of drug-likeness (QED) is 0.605. The number of unbranched alkanes of at least 4 members (excludes halogenated alkanes) is 1. The Morgan fingerprint density at radius 3 is 2.86 bits per heavy atom. The predicted octanol–water partition coefficient (Wildman–Crippen LogP) is 1.37. The maximum atomic E-state index is 11.3. The van der Waals surface area contributed by atoms with Crippen LogP contribution in [0, 0.1) is 0 Å². The van der Waals surface area contributed by atoms with Crippen LogP contribution in [0.5, 0.6) is 0 Å². The SMILES string of the molecule is CCCCNC(=O)CSC(C)CCN. The van der Waals surface area contributed by atoms with Crippen LogP contribution in [-0.2, 0) is 4.79 Å². The minimum atomic E-state index is 0.146. The van der Waals surface area contributed by atoms with Crippen LogP contribution in [0.2, 0.25) is 0 Å². The van der Waals surface area contributed by atoms with Crippen LogP contribution >= 0.6 is 11.8 Å². The highest BCUT2D eigenvalue weighted by molar-refractivity contribution is 8.00. The Bertz CT molecular complexity index is 153. The molecule has 0 heterocycles. The minimum Gasteiger partial charge on any atom is -0.355 e. The Morgan fingerprint density at radius 2 is 2.29 bits per heavy atom. The van der Waals surface area contributed by atoms with E-state index in [0.29, 0.717) is 17.5 Å². The molecule has 0 bridgehead atoms. The van der Waals surface area contributed by atoms with Gasteiger partial charge in [0.2, 0.25) is 5.91 Å². The average molecular weight is 218 g/mol. The number of hydrogen-bond acceptors (Lipinski definition) is 3. The van der Waals surface area contributed by atoms with Crippen LogP contribution in [0.15, 0.2) is 0 Å². The highest BCUT2D eigenvalue weighted by Gasteiger charge is 2.05. The van der Waals surface area contributed by atoms with Gasteiger partial charge in [0.25, 0.3) is 0 Å². The van der Waals surface area contributed by atoms with Gasteiger partial charge < -0.3 is 11.1 Å². The van der Waals surface area contributed by atoms with Gasteiger partial charge in [-0.15, -0.1) is 11.8 Å². The lowest BCUT2D eigenvalue weighted by atomic mass is 10.3. The van der Waals surface area contributed by atoms with Gasteiger partial charge in [-0.3, -0.25) is 4.79 Å². The summed E-state index contributed by atoms with van der Waals surface area (Å²) in [5.41, 5.74) is 5.42. The highest BCUT2D eigenvalue weighted by Crippen LogP contribution is 2.12. The molecule has 1 unspecified atom stereocenters. The molecule has 0 aliphatic carbocycles. The topological polar surface area (TPSA) is 55.1 Å². The first-order valence-corrected chi connectivity index (χ1v) is 6.34. The van der Waals surface area contributed by atoms with Crippen molar-refractivity contribution in [2.45, 2.75) is 38.4 Å². The van der Waals surface area contributed by atoms with Crippen LogP contribution in [0.4, 0.5) is 0 Å². The number of carbonyl (C=O) groups is 1. The molecule has 14 heavy (non-hydrogen) atoms. The van der Waals surface area contributed by atoms with E-state index in [0.717, 1.165) is 25.8 Å². The highest BCUT2D eigenvalue weighted by atomic mass is 32.2. The van der Waals surface area contributed by atoms with E-state index in [9.17, 15) is 4.79 Å². The number of nitrogens with one attached hydrogen (secondary N) is 1. The Hall–Kier alpha value is -0.220. The lowest BCUT2D eigenvalue weighted by Gasteiger charge is -2.09. The Labute approximate surface area is 91.2 Å². The Balaban J connectivity index is 3.34. The summed E-state index contributed by atoms with van der Waals surface area (Å²) in [6.45, 7) is 5.73. The van der Waals surface area contributed by atoms with Gasteiger partial charge in [0.05, 0.1) is 5.75 Å². The van der Waals surface area contributed by atoms with Gasteiger partial charge in [-0.2, -0.15) is 0 Å². The summed E-state index contributed by atoms with van der Waals surface area (Å²) in [4.78, 5) is 11.3. The Kier molecular flexibility index (Phi) is 9.19. The number of nitrogens with two attached hydrogens (primary N) is 1. The number of thioether (sulfide) groups is 1. The van der Waals surface area contributed by atoms with Crippen LogP contribution in [-0.4, -0.2) is 30.0 Å². The minimum absolute atomic E-state index is 0.146. The van der Waals surface area contributed by atoms with E-state index in [1.54, 1.807) is 11.8 Å². The standard InChI is InChI=1S/C10H22N2OS/c1-3-4-7-12-10(13)8-14-9(2)5-6-11/h9H,3-8,11H2,1-2H3,(H,12,13). The van der Waals surface area contributed by atoms with Crippen molar-refractivity contribution in [3.05, 3.63) is 0 Å². The number of rotatable bonds is 8. The molecule has 0 saturated heterocycles. The summed E-state index contributed by atoms with van der Waals surface area (Å²) in [5.74, 6) is 0.706. The molecule has 0 radical (unpaired) electrons. The molecule has 3 nitrogen and oxygen atoms in total.